The maximum atomic E-state index is 12.4. The Hall–Kier alpha value is -2.38. The van der Waals surface area contributed by atoms with Crippen LogP contribution >= 0.6 is 0 Å². The topological polar surface area (TPSA) is 90.5 Å². The second kappa shape index (κ2) is 7.26. The molecule has 2 saturated heterocycles. The van der Waals surface area contributed by atoms with Crippen molar-refractivity contribution >= 4 is 17.9 Å². The molecule has 8 heteroatoms. The van der Waals surface area contributed by atoms with E-state index in [4.69, 9.17) is 0 Å². The van der Waals surface area contributed by atoms with Gasteiger partial charge in [0.2, 0.25) is 11.9 Å². The first-order chi connectivity index (χ1) is 11.2. The molecule has 0 spiro atoms. The molecule has 2 N–H and O–H groups in total. The maximum Gasteiger partial charge on any atom is 0.318 e. The SMILES string of the molecule is O=C1NCCCCC1NC(=O)N1CCN(c2ncccn2)CC1. The molecule has 3 amide bonds. The average Bonchev–Trinajstić information content (AvgIpc) is 2.80. The van der Waals surface area contributed by atoms with Gasteiger partial charge in [-0.15, -0.1) is 0 Å². The third kappa shape index (κ3) is 3.88. The quantitative estimate of drug-likeness (QED) is 0.799. The van der Waals surface area contributed by atoms with Gasteiger partial charge in [-0.2, -0.15) is 0 Å². The lowest BCUT2D eigenvalue weighted by molar-refractivity contribution is -0.122. The predicted octanol–water partition coefficient (Wildman–Crippen LogP) is -0.0231. The Balaban J connectivity index is 1.51. The van der Waals surface area contributed by atoms with E-state index in [2.05, 4.69) is 25.5 Å². The Bertz CT molecular complexity index is 544. The molecule has 0 saturated carbocycles. The lowest BCUT2D eigenvalue weighted by Crippen LogP contribution is -2.55. The molecule has 2 fully saturated rings. The molecule has 124 valence electrons. The number of aromatic nitrogens is 2. The van der Waals surface area contributed by atoms with Gasteiger partial charge in [0.25, 0.3) is 0 Å². The standard InChI is InChI=1S/C15H22N6O2/c22-13-12(4-1-2-5-16-13)19-15(23)21-10-8-20(9-11-21)14-17-6-3-7-18-14/h3,6-7,12H,1-2,4-5,8-11H2,(H,16,22)(H,19,23). The molecule has 2 aliphatic rings. The zero-order valence-electron chi connectivity index (χ0n) is 13.1. The molecular formula is C15H22N6O2. The van der Waals surface area contributed by atoms with Gasteiger partial charge < -0.3 is 20.4 Å². The molecule has 1 atom stereocenters. The van der Waals surface area contributed by atoms with Crippen LogP contribution in [0.25, 0.3) is 0 Å². The molecule has 0 aromatic carbocycles. The largest absolute Gasteiger partial charge is 0.354 e. The van der Waals surface area contributed by atoms with Crippen LogP contribution in [0, 0.1) is 0 Å². The minimum absolute atomic E-state index is 0.0767. The monoisotopic (exact) mass is 318 g/mol. The van der Waals surface area contributed by atoms with Gasteiger partial charge in [0, 0.05) is 45.1 Å². The second-order valence-corrected chi connectivity index (χ2v) is 5.81. The summed E-state index contributed by atoms with van der Waals surface area (Å²) in [4.78, 5) is 36.5. The van der Waals surface area contributed by atoms with Crippen LogP contribution in [-0.2, 0) is 4.79 Å². The van der Waals surface area contributed by atoms with Crippen molar-refractivity contribution in [2.45, 2.75) is 25.3 Å². The number of anilines is 1. The number of hydrogen-bond donors (Lipinski definition) is 2. The summed E-state index contributed by atoms with van der Waals surface area (Å²) >= 11 is 0. The molecule has 1 aromatic heterocycles. The van der Waals surface area contributed by atoms with Crippen LogP contribution in [0.3, 0.4) is 0 Å². The van der Waals surface area contributed by atoms with Crippen LogP contribution in [0.4, 0.5) is 10.7 Å². The minimum atomic E-state index is -0.416. The highest BCUT2D eigenvalue weighted by molar-refractivity contribution is 5.87. The van der Waals surface area contributed by atoms with Crippen molar-refractivity contribution < 1.29 is 9.59 Å². The molecule has 8 nitrogen and oxygen atoms in total. The molecular weight excluding hydrogens is 296 g/mol. The van der Waals surface area contributed by atoms with Crippen molar-refractivity contribution in [3.63, 3.8) is 0 Å². The molecule has 0 aliphatic carbocycles. The van der Waals surface area contributed by atoms with Gasteiger partial charge in [0.1, 0.15) is 6.04 Å². The normalized spacial score (nSPS) is 22.3. The summed E-state index contributed by atoms with van der Waals surface area (Å²) in [5.74, 6) is 0.614. The number of rotatable bonds is 2. The summed E-state index contributed by atoms with van der Waals surface area (Å²) in [7, 11) is 0. The summed E-state index contributed by atoms with van der Waals surface area (Å²) in [6.07, 6.45) is 6.05. The smallest absolute Gasteiger partial charge is 0.318 e. The van der Waals surface area contributed by atoms with E-state index in [0.29, 0.717) is 45.1 Å². The van der Waals surface area contributed by atoms with E-state index in [-0.39, 0.29) is 11.9 Å². The van der Waals surface area contributed by atoms with Gasteiger partial charge in [-0.25, -0.2) is 14.8 Å². The van der Waals surface area contributed by atoms with Crippen molar-refractivity contribution in [1.29, 1.82) is 0 Å². The zero-order chi connectivity index (χ0) is 16.1. The Morgan fingerprint density at radius 1 is 1.17 bits per heavy atom. The highest BCUT2D eigenvalue weighted by Gasteiger charge is 2.27. The first-order valence-electron chi connectivity index (χ1n) is 8.09. The van der Waals surface area contributed by atoms with E-state index in [9.17, 15) is 9.59 Å². The Morgan fingerprint density at radius 3 is 2.65 bits per heavy atom. The third-order valence-electron chi connectivity index (χ3n) is 4.23. The van der Waals surface area contributed by atoms with Crippen molar-refractivity contribution in [1.82, 2.24) is 25.5 Å². The van der Waals surface area contributed by atoms with Gasteiger partial charge in [0.05, 0.1) is 0 Å². The van der Waals surface area contributed by atoms with E-state index in [1.54, 1.807) is 23.4 Å². The predicted molar refractivity (Wildman–Crippen MR) is 85.0 cm³/mol. The Kier molecular flexibility index (Phi) is 4.89. The summed E-state index contributed by atoms with van der Waals surface area (Å²) < 4.78 is 0. The summed E-state index contributed by atoms with van der Waals surface area (Å²) in [6, 6.07) is 1.20. The van der Waals surface area contributed by atoms with E-state index < -0.39 is 6.04 Å². The number of amides is 3. The third-order valence-corrected chi connectivity index (χ3v) is 4.23. The number of piperazine rings is 1. The van der Waals surface area contributed by atoms with Crippen LogP contribution in [0.1, 0.15) is 19.3 Å². The summed E-state index contributed by atoms with van der Waals surface area (Å²) in [5.41, 5.74) is 0. The number of carbonyl (C=O) groups excluding carboxylic acids is 2. The van der Waals surface area contributed by atoms with Crippen LogP contribution in [0.2, 0.25) is 0 Å². The van der Waals surface area contributed by atoms with Gasteiger partial charge in [-0.3, -0.25) is 4.79 Å². The first kappa shape index (κ1) is 15.5. The molecule has 0 bridgehead atoms. The van der Waals surface area contributed by atoms with Gasteiger partial charge in [-0.1, -0.05) is 0 Å². The fraction of sp³-hybridized carbons (Fsp3) is 0.600. The van der Waals surface area contributed by atoms with E-state index >= 15 is 0 Å². The van der Waals surface area contributed by atoms with E-state index in [1.165, 1.54) is 0 Å². The number of nitrogens with one attached hydrogen (secondary N) is 2. The fourth-order valence-electron chi connectivity index (χ4n) is 2.88. The van der Waals surface area contributed by atoms with Gasteiger partial charge in [0.15, 0.2) is 0 Å². The van der Waals surface area contributed by atoms with Crippen molar-refractivity contribution in [2.75, 3.05) is 37.6 Å². The van der Waals surface area contributed by atoms with Crippen LogP contribution in [0.5, 0.6) is 0 Å². The Morgan fingerprint density at radius 2 is 1.91 bits per heavy atom. The molecule has 3 heterocycles. The van der Waals surface area contributed by atoms with Gasteiger partial charge in [-0.05, 0) is 25.3 Å². The zero-order valence-corrected chi connectivity index (χ0v) is 13.1. The first-order valence-corrected chi connectivity index (χ1v) is 8.09. The summed E-state index contributed by atoms with van der Waals surface area (Å²) in [6.45, 7) is 3.26. The van der Waals surface area contributed by atoms with Crippen molar-refractivity contribution in [3.05, 3.63) is 18.5 Å². The minimum Gasteiger partial charge on any atom is -0.354 e. The number of carbonyl (C=O) groups is 2. The van der Waals surface area contributed by atoms with Crippen LogP contribution in [-0.4, -0.2) is 65.6 Å². The van der Waals surface area contributed by atoms with Crippen LogP contribution < -0.4 is 15.5 Å². The van der Waals surface area contributed by atoms with Crippen molar-refractivity contribution in [2.24, 2.45) is 0 Å². The molecule has 1 aromatic rings. The van der Waals surface area contributed by atoms with Crippen molar-refractivity contribution in [3.8, 4) is 0 Å². The van der Waals surface area contributed by atoms with E-state index in [1.807, 2.05) is 0 Å². The second-order valence-electron chi connectivity index (χ2n) is 5.81. The lowest BCUT2D eigenvalue weighted by Gasteiger charge is -2.35. The highest BCUT2D eigenvalue weighted by Crippen LogP contribution is 2.11. The Labute approximate surface area is 135 Å². The number of nitrogens with zero attached hydrogens (tertiary/aromatic N) is 4. The van der Waals surface area contributed by atoms with E-state index in [0.717, 1.165) is 12.8 Å². The molecule has 23 heavy (non-hydrogen) atoms. The number of hydrogen-bond acceptors (Lipinski definition) is 5. The van der Waals surface area contributed by atoms with Gasteiger partial charge >= 0.3 is 6.03 Å². The highest BCUT2D eigenvalue weighted by atomic mass is 16.2. The fourth-order valence-corrected chi connectivity index (χ4v) is 2.88. The maximum absolute atomic E-state index is 12.4. The number of urea groups is 1. The molecule has 1 unspecified atom stereocenters. The molecule has 3 rings (SSSR count). The summed E-state index contributed by atoms with van der Waals surface area (Å²) in [5, 5.41) is 5.69. The lowest BCUT2D eigenvalue weighted by atomic mass is 10.1. The molecule has 0 radical (unpaired) electrons. The average molecular weight is 318 g/mol. The molecule has 2 aliphatic heterocycles. The van der Waals surface area contributed by atoms with Crippen LogP contribution in [0.15, 0.2) is 18.5 Å².